The second kappa shape index (κ2) is 10.9. The number of carbonyl (C=O) groups excluding carboxylic acids is 2. The first-order valence-corrected chi connectivity index (χ1v) is 12.5. The number of hydrogen-bond donors (Lipinski definition) is 2. The molecule has 2 aliphatic rings. The van der Waals surface area contributed by atoms with E-state index in [9.17, 15) is 19.5 Å². The van der Waals surface area contributed by atoms with Crippen LogP contribution in [0.25, 0.3) is 11.1 Å². The van der Waals surface area contributed by atoms with Gasteiger partial charge in [-0.3, -0.25) is 9.59 Å². The Kier molecular flexibility index (Phi) is 7.73. The van der Waals surface area contributed by atoms with Crippen LogP contribution in [0, 0.1) is 11.8 Å². The Morgan fingerprint density at radius 1 is 1.03 bits per heavy atom. The van der Waals surface area contributed by atoms with Crippen LogP contribution in [-0.4, -0.2) is 53.7 Å². The number of likely N-dealkylation sites (tertiary alicyclic amines) is 1. The summed E-state index contributed by atoms with van der Waals surface area (Å²) in [5.74, 6) is -1.47. The number of amides is 2. The molecule has 1 aliphatic heterocycles. The number of ether oxygens (including phenoxy) is 1. The van der Waals surface area contributed by atoms with Crippen molar-refractivity contribution in [2.75, 3.05) is 19.7 Å². The molecule has 0 spiro atoms. The van der Waals surface area contributed by atoms with Crippen LogP contribution < -0.4 is 5.32 Å². The molecule has 7 heteroatoms. The van der Waals surface area contributed by atoms with Crippen molar-refractivity contribution in [2.45, 2.75) is 51.5 Å². The van der Waals surface area contributed by atoms with Gasteiger partial charge in [0.1, 0.15) is 6.61 Å². The molecule has 2 N–H and O–H groups in total. The maximum absolute atomic E-state index is 13.3. The Morgan fingerprint density at radius 3 is 2.26 bits per heavy atom. The number of fused-ring (bicyclic) bond motifs is 3. The summed E-state index contributed by atoms with van der Waals surface area (Å²) in [6.45, 7) is 4.82. The lowest BCUT2D eigenvalue weighted by atomic mass is 9.91. The predicted molar refractivity (Wildman–Crippen MR) is 133 cm³/mol. The highest BCUT2D eigenvalue weighted by Gasteiger charge is 2.34. The molecule has 0 aromatic heterocycles. The number of nitrogens with zero attached hydrogens (tertiary/aromatic N) is 1. The van der Waals surface area contributed by atoms with E-state index in [1.807, 2.05) is 38.1 Å². The molecule has 2 atom stereocenters. The number of benzene rings is 2. The maximum atomic E-state index is 13.3. The van der Waals surface area contributed by atoms with E-state index in [-0.39, 0.29) is 43.4 Å². The van der Waals surface area contributed by atoms with Crippen molar-refractivity contribution in [1.29, 1.82) is 0 Å². The lowest BCUT2D eigenvalue weighted by Crippen LogP contribution is -2.50. The van der Waals surface area contributed by atoms with Gasteiger partial charge in [-0.25, -0.2) is 4.79 Å². The van der Waals surface area contributed by atoms with E-state index in [0.29, 0.717) is 13.0 Å². The SMILES string of the molecule is CC(C)C(CNC(=O)OCC1c2ccccc2-c2ccccc21)C(=O)N1CCCCC1CC(=O)O. The lowest BCUT2D eigenvalue weighted by Gasteiger charge is -2.38. The molecule has 2 amide bonds. The molecule has 0 bridgehead atoms. The molecule has 2 aromatic carbocycles. The zero-order valence-electron chi connectivity index (χ0n) is 20.4. The zero-order chi connectivity index (χ0) is 24.9. The van der Waals surface area contributed by atoms with Gasteiger partial charge in [0.15, 0.2) is 0 Å². The first-order valence-electron chi connectivity index (χ1n) is 12.5. The highest BCUT2D eigenvalue weighted by molar-refractivity contribution is 5.81. The quantitative estimate of drug-likeness (QED) is 0.576. The minimum absolute atomic E-state index is 0.0104. The van der Waals surface area contributed by atoms with Crippen LogP contribution in [-0.2, 0) is 14.3 Å². The van der Waals surface area contributed by atoms with E-state index in [0.717, 1.165) is 24.0 Å². The first kappa shape index (κ1) is 24.8. The number of carbonyl (C=O) groups is 3. The van der Waals surface area contributed by atoms with Crippen LogP contribution in [0.5, 0.6) is 0 Å². The number of hydrogen-bond acceptors (Lipinski definition) is 4. The summed E-state index contributed by atoms with van der Waals surface area (Å²) in [5.41, 5.74) is 4.62. The molecule has 0 saturated carbocycles. The van der Waals surface area contributed by atoms with E-state index >= 15 is 0 Å². The Bertz CT molecular complexity index is 1040. The largest absolute Gasteiger partial charge is 0.481 e. The van der Waals surface area contributed by atoms with E-state index in [1.54, 1.807) is 4.90 Å². The summed E-state index contributed by atoms with van der Waals surface area (Å²) in [4.78, 5) is 38.9. The minimum Gasteiger partial charge on any atom is -0.481 e. The summed E-state index contributed by atoms with van der Waals surface area (Å²) in [5, 5.41) is 12.0. The Labute approximate surface area is 206 Å². The molecule has 1 saturated heterocycles. The molecule has 35 heavy (non-hydrogen) atoms. The molecule has 1 fully saturated rings. The van der Waals surface area contributed by atoms with Crippen molar-refractivity contribution in [3.8, 4) is 11.1 Å². The lowest BCUT2D eigenvalue weighted by molar-refractivity contribution is -0.144. The van der Waals surface area contributed by atoms with Gasteiger partial charge in [-0.2, -0.15) is 0 Å². The van der Waals surface area contributed by atoms with Gasteiger partial charge in [0.05, 0.1) is 12.3 Å². The van der Waals surface area contributed by atoms with E-state index in [2.05, 4.69) is 29.6 Å². The van der Waals surface area contributed by atoms with Gasteiger partial charge in [0, 0.05) is 25.0 Å². The van der Waals surface area contributed by atoms with Crippen molar-refractivity contribution in [3.63, 3.8) is 0 Å². The number of piperidine rings is 1. The Morgan fingerprint density at radius 2 is 1.66 bits per heavy atom. The second-order valence-corrected chi connectivity index (χ2v) is 9.84. The van der Waals surface area contributed by atoms with Gasteiger partial charge in [-0.1, -0.05) is 62.4 Å². The monoisotopic (exact) mass is 478 g/mol. The van der Waals surface area contributed by atoms with Crippen molar-refractivity contribution in [1.82, 2.24) is 10.2 Å². The topological polar surface area (TPSA) is 95.9 Å². The Hall–Kier alpha value is -3.35. The number of carboxylic acid groups (broad SMARTS) is 1. The van der Waals surface area contributed by atoms with Crippen molar-refractivity contribution < 1.29 is 24.2 Å². The normalized spacial score (nSPS) is 18.0. The number of rotatable bonds is 8. The van der Waals surface area contributed by atoms with Gasteiger partial charge in [0.25, 0.3) is 0 Å². The fourth-order valence-corrected chi connectivity index (χ4v) is 5.37. The number of carboxylic acids is 1. The molecule has 0 radical (unpaired) electrons. The summed E-state index contributed by atoms with van der Waals surface area (Å²) < 4.78 is 5.62. The summed E-state index contributed by atoms with van der Waals surface area (Å²) in [6, 6.07) is 16.0. The molecule has 4 rings (SSSR count). The molecule has 2 unspecified atom stereocenters. The van der Waals surface area contributed by atoms with Gasteiger partial charge < -0.3 is 20.1 Å². The van der Waals surface area contributed by atoms with E-state index in [1.165, 1.54) is 11.1 Å². The van der Waals surface area contributed by atoms with Crippen LogP contribution in [0.15, 0.2) is 48.5 Å². The molecule has 1 heterocycles. The first-order chi connectivity index (χ1) is 16.9. The average molecular weight is 479 g/mol. The standard InChI is InChI=1S/C28H34N2O5/c1-18(2)24(27(33)30-14-8-7-9-19(30)15-26(31)32)16-29-28(34)35-17-25-22-12-5-3-10-20(22)21-11-4-6-13-23(21)25/h3-6,10-13,18-19,24-25H,7-9,14-17H2,1-2H3,(H,29,34)(H,31,32). The number of alkyl carbamates (subject to hydrolysis) is 1. The zero-order valence-corrected chi connectivity index (χ0v) is 20.4. The van der Waals surface area contributed by atoms with Crippen molar-refractivity contribution in [2.24, 2.45) is 11.8 Å². The fraction of sp³-hybridized carbons (Fsp3) is 0.464. The number of nitrogens with one attached hydrogen (secondary N) is 1. The van der Waals surface area contributed by atoms with Gasteiger partial charge in [-0.05, 0) is 47.4 Å². The van der Waals surface area contributed by atoms with Crippen LogP contribution in [0.4, 0.5) is 4.79 Å². The van der Waals surface area contributed by atoms with Gasteiger partial charge in [0.2, 0.25) is 5.91 Å². The van der Waals surface area contributed by atoms with E-state index in [4.69, 9.17) is 4.74 Å². The van der Waals surface area contributed by atoms with Gasteiger partial charge >= 0.3 is 12.1 Å². The maximum Gasteiger partial charge on any atom is 0.407 e. The molecule has 1 aliphatic carbocycles. The van der Waals surface area contributed by atoms with Crippen molar-refractivity contribution in [3.05, 3.63) is 59.7 Å². The highest BCUT2D eigenvalue weighted by Crippen LogP contribution is 2.44. The molecular weight excluding hydrogens is 444 g/mol. The van der Waals surface area contributed by atoms with Crippen LogP contribution in [0.1, 0.15) is 56.6 Å². The fourth-order valence-electron chi connectivity index (χ4n) is 5.37. The third-order valence-corrected chi connectivity index (χ3v) is 7.25. The molecule has 2 aromatic rings. The van der Waals surface area contributed by atoms with Crippen LogP contribution in [0.3, 0.4) is 0 Å². The van der Waals surface area contributed by atoms with Crippen LogP contribution in [0.2, 0.25) is 0 Å². The van der Waals surface area contributed by atoms with E-state index < -0.39 is 18.0 Å². The molecule has 186 valence electrons. The third-order valence-electron chi connectivity index (χ3n) is 7.25. The van der Waals surface area contributed by atoms with Crippen molar-refractivity contribution >= 4 is 18.0 Å². The highest BCUT2D eigenvalue weighted by atomic mass is 16.5. The third kappa shape index (κ3) is 5.50. The second-order valence-electron chi connectivity index (χ2n) is 9.84. The summed E-state index contributed by atoms with van der Waals surface area (Å²) in [7, 11) is 0. The van der Waals surface area contributed by atoms with Gasteiger partial charge in [-0.15, -0.1) is 0 Å². The molecule has 7 nitrogen and oxygen atoms in total. The van der Waals surface area contributed by atoms with Crippen LogP contribution >= 0.6 is 0 Å². The average Bonchev–Trinajstić information content (AvgIpc) is 3.16. The summed E-state index contributed by atoms with van der Waals surface area (Å²) in [6.07, 6.45) is 1.89. The number of aliphatic carboxylic acids is 1. The summed E-state index contributed by atoms with van der Waals surface area (Å²) >= 11 is 0. The smallest absolute Gasteiger partial charge is 0.407 e. The Balaban J connectivity index is 1.36. The minimum atomic E-state index is -0.896. The predicted octanol–water partition coefficient (Wildman–Crippen LogP) is 4.65. The molecular formula is C28H34N2O5.